The fraction of sp³-hybridized carbons (Fsp3) is 0.457. The van der Waals surface area contributed by atoms with E-state index in [1.165, 1.54) is 11.8 Å². The van der Waals surface area contributed by atoms with E-state index < -0.39 is 6.09 Å². The van der Waals surface area contributed by atoms with Gasteiger partial charge in [-0.25, -0.2) is 9.48 Å². The fourth-order valence-corrected chi connectivity index (χ4v) is 8.20. The van der Waals surface area contributed by atoms with Crippen molar-refractivity contribution in [3.05, 3.63) is 52.9 Å². The minimum atomic E-state index is -0.855. The zero-order chi connectivity index (χ0) is 33.3. The van der Waals surface area contributed by atoms with Crippen molar-refractivity contribution >= 4 is 45.5 Å². The van der Waals surface area contributed by atoms with Gasteiger partial charge in [-0.05, 0) is 69.7 Å². The minimum Gasteiger partial charge on any atom is -0.465 e. The molecule has 5 aromatic rings. The largest absolute Gasteiger partial charge is 0.465 e. The zero-order valence-corrected chi connectivity index (χ0v) is 28.0. The lowest BCUT2D eigenvalue weighted by Gasteiger charge is -2.58. The third-order valence-corrected chi connectivity index (χ3v) is 10.8. The van der Waals surface area contributed by atoms with Crippen LogP contribution in [0.1, 0.15) is 62.6 Å². The van der Waals surface area contributed by atoms with Crippen molar-refractivity contribution in [3.8, 4) is 22.4 Å². The van der Waals surface area contributed by atoms with Gasteiger partial charge in [0, 0.05) is 71.4 Å². The molecular weight excluding hydrogens is 634 g/mol. The number of ether oxygens (including phenoxy) is 2. The Hall–Kier alpha value is -4.42. The van der Waals surface area contributed by atoms with Crippen molar-refractivity contribution in [2.24, 2.45) is 5.41 Å². The van der Waals surface area contributed by atoms with Crippen LogP contribution >= 0.6 is 11.6 Å². The van der Waals surface area contributed by atoms with Gasteiger partial charge in [0.2, 0.25) is 0 Å². The predicted molar refractivity (Wildman–Crippen MR) is 180 cm³/mol. The number of hydrogen-bond donors (Lipinski definition) is 1. The molecule has 1 aliphatic carbocycles. The summed E-state index contributed by atoms with van der Waals surface area (Å²) in [6.45, 7) is 8.10. The first-order chi connectivity index (χ1) is 23.1. The maximum atomic E-state index is 11.5. The smallest absolute Gasteiger partial charge is 0.407 e. The summed E-state index contributed by atoms with van der Waals surface area (Å²) < 4.78 is 17.2. The Morgan fingerprint density at radius 2 is 1.92 bits per heavy atom. The molecule has 1 unspecified atom stereocenters. The van der Waals surface area contributed by atoms with E-state index >= 15 is 0 Å². The average molecular weight is 672 g/mol. The van der Waals surface area contributed by atoms with Gasteiger partial charge in [0.05, 0.1) is 34.8 Å². The van der Waals surface area contributed by atoms with Crippen LogP contribution in [0.25, 0.3) is 44.2 Å². The Kier molecular flexibility index (Phi) is 7.48. The number of esters is 1. The number of likely N-dealkylation sites (tertiary alicyclic amines) is 1. The number of nitrogens with zero attached hydrogens (tertiary/aromatic N) is 7. The summed E-state index contributed by atoms with van der Waals surface area (Å²) in [4.78, 5) is 24.2. The highest BCUT2D eigenvalue weighted by Gasteiger charge is 2.55. The lowest BCUT2D eigenvalue weighted by Crippen LogP contribution is -2.63. The van der Waals surface area contributed by atoms with Gasteiger partial charge >= 0.3 is 12.1 Å². The standard InChI is InChI=1S/C35H38ClN7O5/c1-20-12-28-26(16-37-43(28)29-6-4-5-10-48-29)31(32(20)36)30-21(2)42(25-14-35(15-25)18-40(19-35)34(45)46)39-33(30)23-7-8-27-24(13-23)17-41(38-27)9-11-47-22(3)44/h7-8,12-13,16-17,25,29H,4-6,9-11,14-15,18-19H2,1-3H3,(H,45,46). The lowest BCUT2D eigenvalue weighted by molar-refractivity contribution is -0.141. The Balaban J connectivity index is 1.24. The molecule has 3 fully saturated rings. The molecule has 0 bridgehead atoms. The second-order valence-corrected chi connectivity index (χ2v) is 14.1. The van der Waals surface area contributed by atoms with E-state index in [1.54, 1.807) is 4.68 Å². The summed E-state index contributed by atoms with van der Waals surface area (Å²) in [6.07, 6.45) is 7.69. The number of hydrogen-bond acceptors (Lipinski definition) is 7. The number of carbonyl (C=O) groups is 2. The third kappa shape index (κ3) is 5.13. The number of aromatic nitrogens is 6. The number of halogens is 1. The molecule has 12 nitrogen and oxygen atoms in total. The van der Waals surface area contributed by atoms with E-state index in [9.17, 15) is 14.7 Å². The topological polar surface area (TPSA) is 130 Å². The number of benzene rings is 2. The average Bonchev–Trinajstić information content (AvgIpc) is 3.71. The van der Waals surface area contributed by atoms with Crippen LogP contribution in [0.5, 0.6) is 0 Å². The number of aryl methyl sites for hydroxylation is 1. The molecule has 2 aromatic carbocycles. The second-order valence-electron chi connectivity index (χ2n) is 13.7. The lowest BCUT2D eigenvalue weighted by atomic mass is 9.61. The zero-order valence-electron chi connectivity index (χ0n) is 27.3. The molecule has 5 heterocycles. The highest BCUT2D eigenvalue weighted by Crippen LogP contribution is 2.55. The van der Waals surface area contributed by atoms with Crippen LogP contribution in [-0.4, -0.2) is 77.7 Å². The normalized spacial score (nSPS) is 19.2. The van der Waals surface area contributed by atoms with Crippen LogP contribution in [0.2, 0.25) is 5.02 Å². The van der Waals surface area contributed by atoms with Gasteiger partial charge in [0.15, 0.2) is 6.23 Å². The predicted octanol–water partition coefficient (Wildman–Crippen LogP) is 6.76. The summed E-state index contributed by atoms with van der Waals surface area (Å²) in [5.41, 5.74) is 7.40. The van der Waals surface area contributed by atoms with E-state index in [-0.39, 0.29) is 30.3 Å². The first kappa shape index (κ1) is 30.9. The van der Waals surface area contributed by atoms with E-state index in [0.29, 0.717) is 24.7 Å². The molecule has 3 aliphatic rings. The Bertz CT molecular complexity index is 2080. The van der Waals surface area contributed by atoms with Crippen molar-refractivity contribution in [1.29, 1.82) is 0 Å². The van der Waals surface area contributed by atoms with Crippen LogP contribution in [0.15, 0.2) is 36.7 Å². The van der Waals surface area contributed by atoms with Crippen LogP contribution in [-0.2, 0) is 20.8 Å². The number of carbonyl (C=O) groups excluding carboxylic acids is 1. The second kappa shape index (κ2) is 11.6. The van der Waals surface area contributed by atoms with Gasteiger partial charge < -0.3 is 19.5 Å². The summed E-state index contributed by atoms with van der Waals surface area (Å²) in [6, 6.07) is 8.38. The van der Waals surface area contributed by atoms with Gasteiger partial charge in [-0.1, -0.05) is 17.7 Å². The first-order valence-corrected chi connectivity index (χ1v) is 16.9. The fourth-order valence-electron chi connectivity index (χ4n) is 7.95. The van der Waals surface area contributed by atoms with Gasteiger partial charge in [0.25, 0.3) is 0 Å². The van der Waals surface area contributed by atoms with Crippen molar-refractivity contribution in [2.75, 3.05) is 26.3 Å². The number of rotatable bonds is 7. The highest BCUT2D eigenvalue weighted by molar-refractivity contribution is 6.36. The third-order valence-electron chi connectivity index (χ3n) is 10.3. The van der Waals surface area contributed by atoms with E-state index in [2.05, 4.69) is 28.8 Å². The molecule has 1 spiro atoms. The van der Waals surface area contributed by atoms with Crippen molar-refractivity contribution < 1.29 is 24.2 Å². The first-order valence-electron chi connectivity index (χ1n) is 16.6. The monoisotopic (exact) mass is 671 g/mol. The SMILES string of the molecule is CC(=O)OCCn1cc2cc(-c3nn(C4CC5(C4)CN(C(=O)O)C5)c(C)c3-c3c(Cl)c(C)cc4c3cnn4C3CCCCO3)ccc2n1. The number of amides is 1. The van der Waals surface area contributed by atoms with Gasteiger partial charge in [-0.15, -0.1) is 0 Å². The number of carboxylic acid groups (broad SMARTS) is 1. The molecule has 1 N–H and O–H groups in total. The Labute approximate surface area is 282 Å². The molecule has 2 saturated heterocycles. The van der Waals surface area contributed by atoms with Crippen LogP contribution in [0, 0.1) is 19.3 Å². The molecule has 13 heteroatoms. The van der Waals surface area contributed by atoms with Crippen molar-refractivity contribution in [3.63, 3.8) is 0 Å². The quantitative estimate of drug-likeness (QED) is 0.188. The summed E-state index contributed by atoms with van der Waals surface area (Å²) >= 11 is 7.25. The van der Waals surface area contributed by atoms with Crippen molar-refractivity contribution in [1.82, 2.24) is 34.2 Å². The van der Waals surface area contributed by atoms with E-state index in [0.717, 1.165) is 94.2 Å². The molecule has 250 valence electrons. The molecule has 0 radical (unpaired) electrons. The molecule has 1 atom stereocenters. The van der Waals surface area contributed by atoms with Crippen LogP contribution in [0.4, 0.5) is 4.79 Å². The maximum absolute atomic E-state index is 11.5. The summed E-state index contributed by atoms with van der Waals surface area (Å²) in [7, 11) is 0. The molecule has 3 aromatic heterocycles. The van der Waals surface area contributed by atoms with Gasteiger partial charge in [-0.2, -0.15) is 15.3 Å². The molecule has 8 rings (SSSR count). The highest BCUT2D eigenvalue weighted by atomic mass is 35.5. The molecule has 2 aliphatic heterocycles. The Morgan fingerprint density at radius 3 is 2.65 bits per heavy atom. The minimum absolute atomic E-state index is 0.0246. The molecule has 1 saturated carbocycles. The van der Waals surface area contributed by atoms with Crippen molar-refractivity contribution in [2.45, 2.75) is 71.7 Å². The van der Waals surface area contributed by atoms with E-state index in [4.69, 9.17) is 31.3 Å². The van der Waals surface area contributed by atoms with Gasteiger partial charge in [-0.3, -0.25) is 14.2 Å². The maximum Gasteiger partial charge on any atom is 0.407 e. The van der Waals surface area contributed by atoms with Crippen LogP contribution < -0.4 is 0 Å². The van der Waals surface area contributed by atoms with E-state index in [1.807, 2.05) is 36.1 Å². The van der Waals surface area contributed by atoms with Gasteiger partial charge in [0.1, 0.15) is 12.3 Å². The van der Waals surface area contributed by atoms with Crippen LogP contribution in [0.3, 0.4) is 0 Å². The molecule has 1 amide bonds. The molecular formula is C35H38ClN7O5. The molecule has 48 heavy (non-hydrogen) atoms. The Morgan fingerprint density at radius 1 is 1.10 bits per heavy atom. The number of fused-ring (bicyclic) bond motifs is 2. The summed E-state index contributed by atoms with van der Waals surface area (Å²) in [5, 5.41) is 26.8. The summed E-state index contributed by atoms with van der Waals surface area (Å²) in [5.74, 6) is -0.317.